The molecule has 0 fully saturated rings. The lowest BCUT2D eigenvalue weighted by atomic mass is 9.89. The number of aliphatic hydroxyl groups excluding tert-OH is 1. The van der Waals surface area contributed by atoms with E-state index in [0.717, 1.165) is 78.9 Å². The van der Waals surface area contributed by atoms with Gasteiger partial charge in [-0.15, -0.1) is 0 Å². The quantitative estimate of drug-likeness (QED) is 0.0725. The highest BCUT2D eigenvalue weighted by molar-refractivity contribution is 6.00. The Balaban J connectivity index is 1.06. The van der Waals surface area contributed by atoms with Gasteiger partial charge in [-0.3, -0.25) is 9.59 Å². The Bertz CT molecular complexity index is 4210. The molecule has 0 bridgehead atoms. The topological polar surface area (TPSA) is 438 Å². The number of carbonyl (C=O) groups is 2. The highest BCUT2D eigenvalue weighted by atomic mass is 16.6. The van der Waals surface area contributed by atoms with Crippen LogP contribution in [0.4, 0.5) is 0 Å². The maximum Gasteiger partial charge on any atom is 0.338 e. The van der Waals surface area contributed by atoms with Gasteiger partial charge in [-0.1, -0.05) is 0 Å². The van der Waals surface area contributed by atoms with Gasteiger partial charge in [0.2, 0.25) is 10.9 Å². The molecule has 0 amide bonds. The minimum absolute atomic E-state index is 0.0326. The number of benzene rings is 6. The van der Waals surface area contributed by atoms with E-state index in [-0.39, 0.29) is 57.1 Å². The number of phenols is 13. The van der Waals surface area contributed by atoms with Crippen LogP contribution in [0.5, 0.6) is 103 Å². The standard InChI is InChI=1S/C57H42O25/c58-21-7-31(61)28-15-40(70)54(79-41(28)10-21)26-13-38(68)51(74)47-25(26)2-19(4-37(67)50(47)73)56(76)82-45-17-30-33(63)9-23(60)12-43(30)80-55(45)27-14-39(69)52(75)46-24(27)1-18(3-36(66)49(46)72)53-44(16-29-32(62)8-22(59)11-42(29)78-53)81-57(77)20-5-34(64)48(71)35(65)6-20/h1-14,40,44-45,53-55,58-65,68-71,74-75H,15-17H2,(H,66,72)(H,67,73)/t40-,44-,45-,53-,54-,55-/m1/s1. The summed E-state index contributed by atoms with van der Waals surface area (Å²) in [5.41, 5.74) is -4.91. The second-order valence-electron chi connectivity index (χ2n) is 19.6. The molecule has 11 rings (SSSR count). The summed E-state index contributed by atoms with van der Waals surface area (Å²) in [5.74, 6) is -15.7. The summed E-state index contributed by atoms with van der Waals surface area (Å²) in [5, 5.41) is 171. The van der Waals surface area contributed by atoms with Crippen molar-refractivity contribution in [3.05, 3.63) is 150 Å². The van der Waals surface area contributed by atoms with Gasteiger partial charge in [-0.05, 0) is 59.3 Å². The third-order valence-electron chi connectivity index (χ3n) is 14.4. The van der Waals surface area contributed by atoms with Crippen LogP contribution >= 0.6 is 0 Å². The van der Waals surface area contributed by atoms with E-state index in [0.29, 0.717) is 6.07 Å². The molecule has 8 aromatic carbocycles. The first kappa shape index (κ1) is 52.9. The number of esters is 2. The molecule has 0 spiro atoms. The fraction of sp³-hybridized carbons (Fsp3) is 0.158. The predicted octanol–water partition coefficient (Wildman–Crippen LogP) is 5.14. The zero-order valence-corrected chi connectivity index (χ0v) is 41.5. The van der Waals surface area contributed by atoms with Gasteiger partial charge in [0.15, 0.2) is 70.1 Å². The van der Waals surface area contributed by atoms with Crippen LogP contribution in [0.15, 0.2) is 94.5 Å². The fourth-order valence-electron chi connectivity index (χ4n) is 10.5. The first-order valence-corrected chi connectivity index (χ1v) is 24.4. The first-order valence-electron chi connectivity index (χ1n) is 24.4. The monoisotopic (exact) mass is 1130 g/mol. The number of carbonyl (C=O) groups excluding carboxylic acids is 2. The van der Waals surface area contributed by atoms with Crippen LogP contribution in [0.25, 0.3) is 21.5 Å². The number of aromatic hydroxyl groups is 15. The highest BCUT2D eigenvalue weighted by Crippen LogP contribution is 2.50. The van der Waals surface area contributed by atoms with E-state index in [4.69, 9.17) is 23.7 Å². The van der Waals surface area contributed by atoms with Gasteiger partial charge < -0.3 is 105 Å². The number of aliphatic hydroxyl groups is 1. The summed E-state index contributed by atoms with van der Waals surface area (Å²) in [6.45, 7) is 0. The van der Waals surface area contributed by atoms with Gasteiger partial charge >= 0.3 is 11.9 Å². The molecule has 8 aromatic rings. The molecule has 16 N–H and O–H groups in total. The fourth-order valence-corrected chi connectivity index (χ4v) is 10.5. The summed E-state index contributed by atoms with van der Waals surface area (Å²) < 4.78 is 30.5. The van der Waals surface area contributed by atoms with Gasteiger partial charge in [-0.2, -0.15) is 0 Å². The molecule has 82 heavy (non-hydrogen) atoms. The lowest BCUT2D eigenvalue weighted by Crippen LogP contribution is -2.35. The summed E-state index contributed by atoms with van der Waals surface area (Å²) in [7, 11) is 0. The summed E-state index contributed by atoms with van der Waals surface area (Å²) in [4.78, 5) is 56.8. The van der Waals surface area contributed by atoms with E-state index < -0.39 is 191 Å². The lowest BCUT2D eigenvalue weighted by molar-refractivity contribution is -0.0193. The molecule has 0 aliphatic carbocycles. The van der Waals surface area contributed by atoms with Gasteiger partial charge in [0.05, 0.1) is 28.0 Å². The number of hydrogen-bond donors (Lipinski definition) is 16. The Morgan fingerprint density at radius 2 is 0.768 bits per heavy atom. The van der Waals surface area contributed by atoms with E-state index in [2.05, 4.69) is 0 Å². The molecular weight excluding hydrogens is 1080 g/mol. The number of rotatable bonds is 7. The number of hydrogen-bond acceptors (Lipinski definition) is 25. The van der Waals surface area contributed by atoms with Crippen molar-refractivity contribution >= 4 is 33.5 Å². The summed E-state index contributed by atoms with van der Waals surface area (Å²) in [6, 6.07) is 12.9. The smallest absolute Gasteiger partial charge is 0.338 e. The van der Waals surface area contributed by atoms with Crippen molar-refractivity contribution in [3.63, 3.8) is 0 Å². The molecule has 6 atom stereocenters. The SMILES string of the molecule is O=C(O[C@@H]1Cc2c(O)cc(O)cc2O[C@@H]1c1cc(O)c(=O)c2c(O)c(O)cc([C@H]3Oc4cc(O)cc(O)c4C[C@H]3OC(=O)c3cc(O)c(=O)c4c(O)c(O)cc([C@H]5Oc6cc(O)cc(O)c6C[C@H]5O)c4c3)c2c1)c1cc(O)c(O)c(O)c1. The Hall–Kier alpha value is -11.1. The van der Waals surface area contributed by atoms with E-state index in [1.54, 1.807) is 0 Å². The van der Waals surface area contributed by atoms with Crippen molar-refractivity contribution in [2.75, 3.05) is 0 Å². The van der Waals surface area contributed by atoms with E-state index >= 15 is 0 Å². The third-order valence-corrected chi connectivity index (χ3v) is 14.4. The maximum atomic E-state index is 14.8. The maximum absolute atomic E-state index is 14.8. The van der Waals surface area contributed by atoms with Gasteiger partial charge in [0, 0.05) is 89.0 Å². The second-order valence-corrected chi connectivity index (χ2v) is 19.6. The van der Waals surface area contributed by atoms with Crippen molar-refractivity contribution in [3.8, 4) is 103 Å². The number of fused-ring (bicyclic) bond motifs is 5. The Morgan fingerprint density at radius 3 is 1.27 bits per heavy atom. The molecule has 0 saturated carbocycles. The van der Waals surface area contributed by atoms with Crippen molar-refractivity contribution in [2.45, 2.75) is 55.9 Å². The Kier molecular flexibility index (Phi) is 12.5. The minimum atomic E-state index is -1.83. The van der Waals surface area contributed by atoms with Gasteiger partial charge in [-0.25, -0.2) is 9.59 Å². The summed E-state index contributed by atoms with van der Waals surface area (Å²) in [6.07, 6.45) is -11.4. The van der Waals surface area contributed by atoms with Crippen LogP contribution in [0.3, 0.4) is 0 Å². The Morgan fingerprint density at radius 1 is 0.390 bits per heavy atom. The zero-order chi connectivity index (χ0) is 58.7. The normalized spacial score (nSPS) is 18.9. The van der Waals surface area contributed by atoms with Crippen molar-refractivity contribution in [2.24, 2.45) is 0 Å². The molecule has 420 valence electrons. The van der Waals surface area contributed by atoms with Crippen LogP contribution in [0.2, 0.25) is 0 Å². The third kappa shape index (κ3) is 8.91. The first-order chi connectivity index (χ1) is 38.8. The number of ether oxygens (including phenoxy) is 5. The molecule has 3 aliphatic rings. The lowest BCUT2D eigenvalue weighted by Gasteiger charge is -2.35. The van der Waals surface area contributed by atoms with Crippen molar-refractivity contribution < 1.29 is 115 Å². The highest BCUT2D eigenvalue weighted by Gasteiger charge is 2.42. The Labute approximate surface area is 456 Å². The van der Waals surface area contributed by atoms with Crippen LogP contribution < -0.4 is 25.1 Å². The minimum Gasteiger partial charge on any atom is -0.508 e. The van der Waals surface area contributed by atoms with Crippen LogP contribution in [-0.2, 0) is 28.7 Å². The average Bonchev–Trinajstić information content (AvgIpc) is 3.12. The molecule has 25 heteroatoms. The van der Waals surface area contributed by atoms with Crippen LogP contribution in [0.1, 0.15) is 72.4 Å². The molecular formula is C57H42O25. The van der Waals surface area contributed by atoms with Gasteiger partial charge in [0.1, 0.15) is 64.0 Å². The molecule has 3 aliphatic heterocycles. The molecule has 0 unspecified atom stereocenters. The zero-order valence-electron chi connectivity index (χ0n) is 41.5. The number of phenolic OH excluding ortho intramolecular Hbond substituents is 13. The molecule has 0 aromatic heterocycles. The van der Waals surface area contributed by atoms with Crippen molar-refractivity contribution in [1.82, 2.24) is 0 Å². The molecule has 25 nitrogen and oxygen atoms in total. The van der Waals surface area contributed by atoms with E-state index in [1.807, 2.05) is 0 Å². The van der Waals surface area contributed by atoms with E-state index in [1.165, 1.54) is 0 Å². The molecule has 0 radical (unpaired) electrons. The van der Waals surface area contributed by atoms with E-state index in [9.17, 15) is 101 Å². The van der Waals surface area contributed by atoms with Crippen LogP contribution in [-0.4, -0.2) is 112 Å². The average molecular weight is 1130 g/mol. The van der Waals surface area contributed by atoms with Gasteiger partial charge in [0.25, 0.3) is 0 Å². The summed E-state index contributed by atoms with van der Waals surface area (Å²) >= 11 is 0. The largest absolute Gasteiger partial charge is 0.508 e. The molecule has 0 saturated heterocycles. The van der Waals surface area contributed by atoms with Crippen LogP contribution in [0, 0.1) is 0 Å². The van der Waals surface area contributed by atoms with Crippen molar-refractivity contribution in [1.29, 1.82) is 0 Å². The molecule has 3 heterocycles. The second kappa shape index (κ2) is 19.4. The predicted molar refractivity (Wildman–Crippen MR) is 277 cm³/mol.